The van der Waals surface area contributed by atoms with Gasteiger partial charge in [0, 0.05) is 6.07 Å². The molecular formula is C10H8N2O3. The van der Waals surface area contributed by atoms with Gasteiger partial charge in [-0.05, 0) is 25.5 Å². The van der Waals surface area contributed by atoms with Gasteiger partial charge in [0.25, 0.3) is 5.69 Å². The highest BCUT2D eigenvalue weighted by atomic mass is 16.6. The van der Waals surface area contributed by atoms with Gasteiger partial charge < -0.3 is 0 Å². The molecule has 0 spiro atoms. The molecule has 0 aromatic heterocycles. The van der Waals surface area contributed by atoms with Gasteiger partial charge in [-0.25, -0.2) is 0 Å². The third-order valence-corrected chi connectivity index (χ3v) is 1.93. The quantitative estimate of drug-likeness (QED) is 0.418. The summed E-state index contributed by atoms with van der Waals surface area (Å²) in [6.45, 7) is 2.84. The maximum atomic E-state index is 11.2. The first-order valence-corrected chi connectivity index (χ1v) is 4.17. The molecule has 0 aliphatic heterocycles. The topological polar surface area (TPSA) is 84.0 Å². The molecular weight excluding hydrogens is 196 g/mol. The predicted octanol–water partition coefficient (Wildman–Crippen LogP) is 1.98. The first kappa shape index (κ1) is 10.9. The van der Waals surface area contributed by atoms with Crippen LogP contribution in [0.15, 0.2) is 12.1 Å². The van der Waals surface area contributed by atoms with Gasteiger partial charge in [0.2, 0.25) is 0 Å². The fourth-order valence-corrected chi connectivity index (χ4v) is 1.37. The lowest BCUT2D eigenvalue weighted by atomic mass is 10.0. The maximum absolute atomic E-state index is 11.2. The molecule has 0 aliphatic carbocycles. The zero-order valence-corrected chi connectivity index (χ0v) is 8.27. The van der Waals surface area contributed by atoms with Crippen molar-refractivity contribution >= 4 is 11.5 Å². The van der Waals surface area contributed by atoms with Crippen LogP contribution < -0.4 is 0 Å². The van der Waals surface area contributed by atoms with Crippen LogP contribution in [-0.4, -0.2) is 10.7 Å². The first-order valence-electron chi connectivity index (χ1n) is 4.17. The average Bonchev–Trinajstić information content (AvgIpc) is 2.15. The number of nitro groups is 1. The Labute approximate surface area is 86.1 Å². The predicted molar refractivity (Wildman–Crippen MR) is 52.6 cm³/mol. The highest BCUT2D eigenvalue weighted by Crippen LogP contribution is 2.24. The number of aryl methyl sites for hydroxylation is 1. The lowest BCUT2D eigenvalue weighted by Crippen LogP contribution is -2.04. The Hall–Kier alpha value is -2.22. The van der Waals surface area contributed by atoms with Gasteiger partial charge in [-0.15, -0.1) is 0 Å². The van der Waals surface area contributed by atoms with Gasteiger partial charge in [-0.3, -0.25) is 14.9 Å². The molecule has 0 aliphatic rings. The standard InChI is InChI=1S/C10H8N2O3/c1-6-3-8(5-11)10(7(2)13)9(4-6)12(14)15/h3-4H,1-2H3. The van der Waals surface area contributed by atoms with Crippen molar-refractivity contribution in [1.82, 2.24) is 0 Å². The highest BCUT2D eigenvalue weighted by molar-refractivity contribution is 6.00. The lowest BCUT2D eigenvalue weighted by Gasteiger charge is -2.02. The van der Waals surface area contributed by atoms with Gasteiger partial charge in [-0.2, -0.15) is 5.26 Å². The lowest BCUT2D eigenvalue weighted by molar-refractivity contribution is -0.385. The van der Waals surface area contributed by atoms with Crippen LogP contribution in [-0.2, 0) is 0 Å². The van der Waals surface area contributed by atoms with Crippen LogP contribution in [0.25, 0.3) is 0 Å². The zero-order valence-electron chi connectivity index (χ0n) is 8.27. The molecule has 0 heterocycles. The van der Waals surface area contributed by atoms with E-state index in [2.05, 4.69) is 0 Å². The molecule has 0 saturated heterocycles. The highest BCUT2D eigenvalue weighted by Gasteiger charge is 2.21. The van der Waals surface area contributed by atoms with E-state index in [1.807, 2.05) is 0 Å². The zero-order chi connectivity index (χ0) is 11.6. The molecule has 0 saturated carbocycles. The molecule has 1 rings (SSSR count). The van der Waals surface area contributed by atoms with Gasteiger partial charge in [0.1, 0.15) is 11.6 Å². The Balaban J connectivity index is 3.64. The van der Waals surface area contributed by atoms with E-state index < -0.39 is 10.7 Å². The van der Waals surface area contributed by atoms with Crippen molar-refractivity contribution in [2.75, 3.05) is 0 Å². The molecule has 1 aromatic carbocycles. The average molecular weight is 204 g/mol. The second kappa shape index (κ2) is 3.88. The van der Waals surface area contributed by atoms with Crippen LogP contribution in [0, 0.1) is 28.4 Å². The van der Waals surface area contributed by atoms with Gasteiger partial charge in [0.05, 0.1) is 10.5 Å². The minimum Gasteiger partial charge on any atom is -0.294 e. The van der Waals surface area contributed by atoms with Crippen LogP contribution in [0.3, 0.4) is 0 Å². The third-order valence-electron chi connectivity index (χ3n) is 1.93. The van der Waals surface area contributed by atoms with Crippen molar-refractivity contribution in [3.63, 3.8) is 0 Å². The van der Waals surface area contributed by atoms with Crippen molar-refractivity contribution in [1.29, 1.82) is 5.26 Å². The molecule has 0 atom stereocenters. The molecule has 0 unspecified atom stereocenters. The minimum atomic E-state index is -0.648. The van der Waals surface area contributed by atoms with Crippen LogP contribution in [0.1, 0.15) is 28.4 Å². The van der Waals surface area contributed by atoms with Crippen molar-refractivity contribution in [2.24, 2.45) is 0 Å². The summed E-state index contributed by atoms with van der Waals surface area (Å²) in [5.41, 5.74) is 0.213. The Morgan fingerprint density at radius 1 is 1.53 bits per heavy atom. The van der Waals surface area contributed by atoms with E-state index >= 15 is 0 Å². The van der Waals surface area contributed by atoms with Gasteiger partial charge in [0.15, 0.2) is 5.78 Å². The van der Waals surface area contributed by atoms with E-state index in [-0.39, 0.29) is 16.8 Å². The molecule has 0 bridgehead atoms. The number of hydrogen-bond acceptors (Lipinski definition) is 4. The van der Waals surface area contributed by atoms with Crippen LogP contribution in [0.2, 0.25) is 0 Å². The number of carbonyl (C=O) groups is 1. The van der Waals surface area contributed by atoms with E-state index in [9.17, 15) is 14.9 Å². The molecule has 76 valence electrons. The number of nitro benzene ring substituents is 1. The number of hydrogen-bond donors (Lipinski definition) is 0. The van der Waals surface area contributed by atoms with Crippen LogP contribution in [0.5, 0.6) is 0 Å². The minimum absolute atomic E-state index is 0.0502. The summed E-state index contributed by atoms with van der Waals surface area (Å²) in [7, 11) is 0. The monoisotopic (exact) mass is 204 g/mol. The fourth-order valence-electron chi connectivity index (χ4n) is 1.37. The molecule has 0 fully saturated rings. The van der Waals surface area contributed by atoms with Crippen molar-refractivity contribution < 1.29 is 9.72 Å². The number of nitrogens with zero attached hydrogens (tertiary/aromatic N) is 2. The molecule has 0 radical (unpaired) electrons. The van der Waals surface area contributed by atoms with Gasteiger partial charge >= 0.3 is 0 Å². The summed E-state index contributed by atoms with van der Waals surface area (Å²) in [4.78, 5) is 21.2. The van der Waals surface area contributed by atoms with E-state index in [0.717, 1.165) is 0 Å². The van der Waals surface area contributed by atoms with Crippen molar-refractivity contribution in [2.45, 2.75) is 13.8 Å². The van der Waals surface area contributed by atoms with E-state index in [1.54, 1.807) is 13.0 Å². The molecule has 0 N–H and O–H groups in total. The SMILES string of the molecule is CC(=O)c1c(C#N)cc(C)cc1[N+](=O)[O-]. The number of carbonyl (C=O) groups excluding carboxylic acids is 1. The summed E-state index contributed by atoms with van der Waals surface area (Å²) < 4.78 is 0. The Bertz CT molecular complexity index is 486. The summed E-state index contributed by atoms with van der Waals surface area (Å²) >= 11 is 0. The fraction of sp³-hybridized carbons (Fsp3) is 0.200. The van der Waals surface area contributed by atoms with E-state index in [0.29, 0.717) is 5.56 Å². The number of nitriles is 1. The smallest absolute Gasteiger partial charge is 0.281 e. The molecule has 15 heavy (non-hydrogen) atoms. The van der Waals surface area contributed by atoms with Crippen molar-refractivity contribution in [3.05, 3.63) is 38.9 Å². The second-order valence-corrected chi connectivity index (χ2v) is 3.13. The summed E-state index contributed by atoms with van der Waals surface area (Å²) in [5, 5.41) is 19.5. The van der Waals surface area contributed by atoms with E-state index in [1.165, 1.54) is 19.1 Å². The number of rotatable bonds is 2. The molecule has 0 amide bonds. The normalized spacial score (nSPS) is 9.40. The van der Waals surface area contributed by atoms with Crippen molar-refractivity contribution in [3.8, 4) is 6.07 Å². The molecule has 5 nitrogen and oxygen atoms in total. The maximum Gasteiger partial charge on any atom is 0.281 e. The molecule has 5 heteroatoms. The first-order chi connectivity index (χ1) is 6.97. The number of ketones is 1. The van der Waals surface area contributed by atoms with Gasteiger partial charge in [-0.1, -0.05) is 0 Å². The number of Topliss-reactive ketones (excluding diaryl/α,β-unsaturated/α-hetero) is 1. The van der Waals surface area contributed by atoms with Crippen LogP contribution >= 0.6 is 0 Å². The number of benzene rings is 1. The van der Waals surface area contributed by atoms with E-state index in [4.69, 9.17) is 5.26 Å². The Morgan fingerprint density at radius 3 is 2.53 bits per heavy atom. The summed E-state index contributed by atoms with van der Waals surface area (Å²) in [5.74, 6) is -0.474. The second-order valence-electron chi connectivity index (χ2n) is 3.13. The summed E-state index contributed by atoms with van der Waals surface area (Å²) in [6, 6.07) is 4.54. The Kier molecular flexibility index (Phi) is 2.81. The summed E-state index contributed by atoms with van der Waals surface area (Å²) in [6.07, 6.45) is 0. The Morgan fingerprint density at radius 2 is 2.13 bits per heavy atom. The third kappa shape index (κ3) is 1.99. The molecule has 1 aromatic rings. The van der Waals surface area contributed by atoms with Crippen LogP contribution in [0.4, 0.5) is 5.69 Å². The largest absolute Gasteiger partial charge is 0.294 e.